The number of ketones is 1. The van der Waals surface area contributed by atoms with Gasteiger partial charge in [-0.2, -0.15) is 5.10 Å². The molecule has 0 radical (unpaired) electrons. The molecule has 4 aromatic rings. The van der Waals surface area contributed by atoms with Gasteiger partial charge in [-0.05, 0) is 17.7 Å². The van der Waals surface area contributed by atoms with Crippen LogP contribution < -0.4 is 4.74 Å². The highest BCUT2D eigenvalue weighted by Crippen LogP contribution is 2.23. The smallest absolute Gasteiger partial charge is 0.171 e. The van der Waals surface area contributed by atoms with Crippen LogP contribution >= 0.6 is 0 Å². The number of hydrogen-bond acceptors (Lipinski definition) is 8. The van der Waals surface area contributed by atoms with Crippen molar-refractivity contribution in [3.05, 3.63) is 77.1 Å². The van der Waals surface area contributed by atoms with Crippen molar-refractivity contribution >= 4 is 11.4 Å². The maximum atomic E-state index is 12.5. The summed E-state index contributed by atoms with van der Waals surface area (Å²) in [6, 6.07) is 9.57. The zero-order valence-electron chi connectivity index (χ0n) is 22.6. The van der Waals surface area contributed by atoms with Gasteiger partial charge >= 0.3 is 0 Å². The van der Waals surface area contributed by atoms with E-state index in [9.17, 15) is 4.79 Å². The lowest BCUT2D eigenvalue weighted by Crippen LogP contribution is -2.38. The number of carbonyl (C=O) groups is 1. The molecular weight excluding hydrogens is 494 g/mol. The Kier molecular flexibility index (Phi) is 8.05. The highest BCUT2D eigenvalue weighted by atomic mass is 16.5. The topological polar surface area (TPSA) is 95.0 Å². The maximum absolute atomic E-state index is 12.5. The third-order valence-corrected chi connectivity index (χ3v) is 6.49. The lowest BCUT2D eigenvalue weighted by atomic mass is 9.93. The number of aromatic nitrogens is 4. The number of morpholine rings is 1. The van der Waals surface area contributed by atoms with E-state index in [1.807, 2.05) is 36.5 Å². The molecular formula is C30H33N5O4. The normalized spacial score (nSPS) is 14.2. The summed E-state index contributed by atoms with van der Waals surface area (Å²) in [6.45, 7) is 11.0. The van der Waals surface area contributed by atoms with Crippen molar-refractivity contribution in [2.24, 2.45) is 0 Å². The molecule has 0 unspecified atom stereocenters. The van der Waals surface area contributed by atoms with Crippen LogP contribution in [0, 0.1) is 11.8 Å². The van der Waals surface area contributed by atoms with Crippen LogP contribution in [0.4, 0.5) is 0 Å². The van der Waals surface area contributed by atoms with Gasteiger partial charge in [-0.1, -0.05) is 49.9 Å². The first-order chi connectivity index (χ1) is 18.8. The van der Waals surface area contributed by atoms with Gasteiger partial charge in [0, 0.05) is 43.1 Å². The third-order valence-electron chi connectivity index (χ3n) is 6.49. The molecule has 9 heteroatoms. The predicted molar refractivity (Wildman–Crippen MR) is 146 cm³/mol. The summed E-state index contributed by atoms with van der Waals surface area (Å²) in [6.07, 6.45) is 5.82. The number of fused-ring (bicyclic) bond motifs is 1. The summed E-state index contributed by atoms with van der Waals surface area (Å²) in [7, 11) is 0. The lowest BCUT2D eigenvalue weighted by molar-refractivity contribution is -0.117. The van der Waals surface area contributed by atoms with Gasteiger partial charge in [0.05, 0.1) is 49.5 Å². The average Bonchev–Trinajstić information content (AvgIpc) is 3.56. The minimum atomic E-state index is -0.134. The van der Waals surface area contributed by atoms with E-state index in [-0.39, 0.29) is 17.6 Å². The molecule has 0 aliphatic carbocycles. The molecule has 39 heavy (non-hydrogen) atoms. The quantitative estimate of drug-likeness (QED) is 0.322. The van der Waals surface area contributed by atoms with E-state index in [2.05, 4.69) is 52.8 Å². The molecule has 202 valence electrons. The minimum Gasteiger partial charge on any atom is -0.489 e. The molecule has 1 saturated heterocycles. The molecule has 9 nitrogen and oxygen atoms in total. The van der Waals surface area contributed by atoms with Crippen LogP contribution in [-0.4, -0.2) is 69.9 Å². The molecule has 0 amide bonds. The van der Waals surface area contributed by atoms with E-state index in [4.69, 9.17) is 14.0 Å². The average molecular weight is 528 g/mol. The SMILES string of the molecule is CC(C)(C)c1cc(CC(=O)Cc2ccc(C#Cc3cnn4cc(OCCN5CCOCC5)cnc34)cc2)no1. The molecule has 4 heterocycles. The van der Waals surface area contributed by atoms with Crippen LogP contribution in [0.5, 0.6) is 5.75 Å². The van der Waals surface area contributed by atoms with Gasteiger partial charge in [0.2, 0.25) is 0 Å². The summed E-state index contributed by atoms with van der Waals surface area (Å²) in [4.78, 5) is 19.4. The van der Waals surface area contributed by atoms with Crippen molar-refractivity contribution in [1.29, 1.82) is 0 Å². The monoisotopic (exact) mass is 527 g/mol. The van der Waals surface area contributed by atoms with E-state index in [0.29, 0.717) is 30.1 Å². The van der Waals surface area contributed by atoms with Crippen molar-refractivity contribution in [2.75, 3.05) is 39.5 Å². The molecule has 0 saturated carbocycles. The standard InChI is InChI=1S/C30H33N5O4/c1-30(2,3)28-18-25(33-39-28)17-26(36)16-23-6-4-22(5-7-23)8-9-24-19-32-35-21-27(20-31-29(24)35)38-15-12-34-10-13-37-14-11-34/h4-7,18-21H,10-17H2,1-3H3. The molecule has 1 fully saturated rings. The number of benzene rings is 1. The molecule has 0 bridgehead atoms. The Balaban J connectivity index is 1.15. The van der Waals surface area contributed by atoms with Gasteiger partial charge in [0.15, 0.2) is 11.4 Å². The van der Waals surface area contributed by atoms with Crippen LogP contribution in [0.1, 0.15) is 48.9 Å². The summed E-state index contributed by atoms with van der Waals surface area (Å²) in [5.41, 5.74) is 3.72. The zero-order valence-corrected chi connectivity index (χ0v) is 22.6. The van der Waals surface area contributed by atoms with Crippen molar-refractivity contribution < 1.29 is 18.8 Å². The first-order valence-corrected chi connectivity index (χ1v) is 13.2. The number of hydrogen-bond donors (Lipinski definition) is 0. The number of Topliss-reactive ketones (excluding diaryl/α,β-unsaturated/α-hetero) is 1. The highest BCUT2D eigenvalue weighted by Gasteiger charge is 2.20. The molecule has 1 aliphatic rings. The Hall–Kier alpha value is -4.00. The van der Waals surface area contributed by atoms with Gasteiger partial charge in [-0.3, -0.25) is 9.69 Å². The van der Waals surface area contributed by atoms with Crippen molar-refractivity contribution in [3.63, 3.8) is 0 Å². The largest absolute Gasteiger partial charge is 0.489 e. The van der Waals surface area contributed by atoms with E-state index in [1.165, 1.54) is 0 Å². The fourth-order valence-electron chi connectivity index (χ4n) is 4.22. The van der Waals surface area contributed by atoms with Crippen LogP contribution in [0.3, 0.4) is 0 Å². The number of nitrogens with zero attached hydrogens (tertiary/aromatic N) is 5. The van der Waals surface area contributed by atoms with Gasteiger partial charge in [0.25, 0.3) is 0 Å². The zero-order chi connectivity index (χ0) is 27.2. The van der Waals surface area contributed by atoms with E-state index >= 15 is 0 Å². The molecule has 5 rings (SSSR count). The van der Waals surface area contributed by atoms with Crippen molar-refractivity contribution in [3.8, 4) is 17.6 Å². The second-order valence-corrected chi connectivity index (χ2v) is 10.7. The van der Waals surface area contributed by atoms with E-state index < -0.39 is 0 Å². The first-order valence-electron chi connectivity index (χ1n) is 13.2. The summed E-state index contributed by atoms with van der Waals surface area (Å²) in [5, 5.41) is 8.43. The number of carbonyl (C=O) groups excluding carboxylic acids is 1. The Labute approximate surface area is 228 Å². The van der Waals surface area contributed by atoms with Crippen LogP contribution in [-0.2, 0) is 27.8 Å². The van der Waals surface area contributed by atoms with Gasteiger partial charge in [-0.15, -0.1) is 0 Å². The van der Waals surface area contributed by atoms with Gasteiger partial charge < -0.3 is 14.0 Å². The van der Waals surface area contributed by atoms with Crippen molar-refractivity contribution in [1.82, 2.24) is 24.7 Å². The molecule has 1 aliphatic heterocycles. The van der Waals surface area contributed by atoms with Gasteiger partial charge in [0.1, 0.15) is 18.2 Å². The van der Waals surface area contributed by atoms with Crippen LogP contribution in [0.15, 0.2) is 53.4 Å². The summed E-state index contributed by atoms with van der Waals surface area (Å²) < 4.78 is 18.3. The fourth-order valence-corrected chi connectivity index (χ4v) is 4.22. The second-order valence-electron chi connectivity index (χ2n) is 10.7. The molecule has 0 N–H and O–H groups in total. The predicted octanol–water partition coefficient (Wildman–Crippen LogP) is 3.48. The number of rotatable bonds is 8. The highest BCUT2D eigenvalue weighted by molar-refractivity contribution is 5.82. The minimum absolute atomic E-state index is 0.0875. The van der Waals surface area contributed by atoms with Crippen molar-refractivity contribution in [2.45, 2.75) is 39.0 Å². The van der Waals surface area contributed by atoms with Crippen LogP contribution in [0.25, 0.3) is 5.65 Å². The molecule has 0 atom stereocenters. The van der Waals surface area contributed by atoms with E-state index in [1.54, 1.807) is 16.9 Å². The Morgan fingerprint density at radius 1 is 1.08 bits per heavy atom. The summed E-state index contributed by atoms with van der Waals surface area (Å²) in [5.74, 6) is 7.86. The Morgan fingerprint density at radius 3 is 2.62 bits per heavy atom. The molecule has 3 aromatic heterocycles. The lowest BCUT2D eigenvalue weighted by Gasteiger charge is -2.26. The third kappa shape index (κ3) is 7.11. The first kappa shape index (κ1) is 26.6. The van der Waals surface area contributed by atoms with E-state index in [0.717, 1.165) is 55.3 Å². The Bertz CT molecular complexity index is 1480. The van der Waals surface area contributed by atoms with Crippen LogP contribution in [0.2, 0.25) is 0 Å². The number of ether oxygens (including phenoxy) is 2. The second kappa shape index (κ2) is 11.8. The maximum Gasteiger partial charge on any atom is 0.171 e. The fraction of sp³-hybridized carbons (Fsp3) is 0.400. The molecule has 0 spiro atoms. The molecule has 1 aromatic carbocycles. The Morgan fingerprint density at radius 2 is 1.87 bits per heavy atom. The van der Waals surface area contributed by atoms with Gasteiger partial charge in [-0.25, -0.2) is 9.50 Å². The summed E-state index contributed by atoms with van der Waals surface area (Å²) >= 11 is 0.